The van der Waals surface area contributed by atoms with Gasteiger partial charge in [-0.25, -0.2) is 4.79 Å². The molecule has 2 nitrogen and oxygen atoms in total. The van der Waals surface area contributed by atoms with Gasteiger partial charge in [-0.2, -0.15) is 0 Å². The number of aliphatic carboxylic acids is 1. The van der Waals surface area contributed by atoms with Gasteiger partial charge in [0.25, 0.3) is 0 Å². The lowest BCUT2D eigenvalue weighted by atomic mass is 9.91. The van der Waals surface area contributed by atoms with Crippen molar-refractivity contribution in [2.75, 3.05) is 0 Å². The molecule has 0 spiro atoms. The van der Waals surface area contributed by atoms with Gasteiger partial charge in [-0.05, 0) is 24.2 Å². The lowest BCUT2D eigenvalue weighted by Crippen LogP contribution is -2.00. The van der Waals surface area contributed by atoms with Crippen LogP contribution in [0, 0.1) is 17.8 Å². The molecule has 0 aromatic heterocycles. The van der Waals surface area contributed by atoms with Gasteiger partial charge in [0.15, 0.2) is 0 Å². The van der Waals surface area contributed by atoms with Crippen molar-refractivity contribution in [1.82, 2.24) is 0 Å². The summed E-state index contributed by atoms with van der Waals surface area (Å²) in [4.78, 5) is 10.5. The topological polar surface area (TPSA) is 37.3 Å². The standard InChI is InChI=1S/C20H38O2/c1-5-6-7-10-17(2)11-8-12-18(3)13-9-14-19(4)15-16-20(21)22/h15-19H,5-14H2,1-4H3,(H,21,22). The van der Waals surface area contributed by atoms with Crippen LogP contribution >= 0.6 is 0 Å². The van der Waals surface area contributed by atoms with E-state index in [9.17, 15) is 4.79 Å². The van der Waals surface area contributed by atoms with Crippen molar-refractivity contribution >= 4 is 5.97 Å². The highest BCUT2D eigenvalue weighted by Gasteiger charge is 2.06. The number of hydrogen-bond donors (Lipinski definition) is 1. The lowest BCUT2D eigenvalue weighted by molar-refractivity contribution is -0.131. The fraction of sp³-hybridized carbons (Fsp3) is 0.850. The summed E-state index contributed by atoms with van der Waals surface area (Å²) in [6.45, 7) is 9.13. The van der Waals surface area contributed by atoms with Crippen LogP contribution in [0.25, 0.3) is 0 Å². The molecular formula is C20H38O2. The summed E-state index contributed by atoms with van der Waals surface area (Å²) in [5.41, 5.74) is 0. The Morgan fingerprint density at radius 2 is 1.36 bits per heavy atom. The van der Waals surface area contributed by atoms with Crippen molar-refractivity contribution in [1.29, 1.82) is 0 Å². The van der Waals surface area contributed by atoms with E-state index in [1.807, 2.05) is 6.08 Å². The minimum Gasteiger partial charge on any atom is -0.478 e. The summed E-state index contributed by atoms with van der Waals surface area (Å²) in [6.07, 6.45) is 16.3. The highest BCUT2D eigenvalue weighted by molar-refractivity contribution is 5.79. The first-order valence-electron chi connectivity index (χ1n) is 9.36. The molecular weight excluding hydrogens is 272 g/mol. The normalized spacial score (nSPS) is 15.8. The van der Waals surface area contributed by atoms with Crippen molar-refractivity contribution < 1.29 is 9.90 Å². The molecule has 0 radical (unpaired) electrons. The summed E-state index contributed by atoms with van der Waals surface area (Å²) < 4.78 is 0. The smallest absolute Gasteiger partial charge is 0.327 e. The molecule has 0 aliphatic rings. The third kappa shape index (κ3) is 14.2. The summed E-state index contributed by atoms with van der Waals surface area (Å²) >= 11 is 0. The molecule has 22 heavy (non-hydrogen) atoms. The molecule has 130 valence electrons. The number of hydrogen-bond acceptors (Lipinski definition) is 1. The summed E-state index contributed by atoms with van der Waals surface area (Å²) in [7, 11) is 0. The molecule has 0 aromatic rings. The highest BCUT2D eigenvalue weighted by atomic mass is 16.4. The van der Waals surface area contributed by atoms with Crippen LogP contribution in [-0.2, 0) is 4.79 Å². The minimum absolute atomic E-state index is 0.377. The largest absolute Gasteiger partial charge is 0.478 e. The van der Waals surface area contributed by atoms with E-state index < -0.39 is 5.97 Å². The van der Waals surface area contributed by atoms with Gasteiger partial charge in [-0.15, -0.1) is 0 Å². The maximum atomic E-state index is 10.5. The van der Waals surface area contributed by atoms with Gasteiger partial charge in [-0.1, -0.05) is 91.6 Å². The molecule has 2 heteroatoms. The van der Waals surface area contributed by atoms with Crippen molar-refractivity contribution in [3.05, 3.63) is 12.2 Å². The second-order valence-corrected chi connectivity index (χ2v) is 7.24. The van der Waals surface area contributed by atoms with Crippen molar-refractivity contribution in [3.8, 4) is 0 Å². The van der Waals surface area contributed by atoms with Gasteiger partial charge < -0.3 is 5.11 Å². The number of carboxylic acid groups (broad SMARTS) is 1. The van der Waals surface area contributed by atoms with Crippen LogP contribution in [0.4, 0.5) is 0 Å². The SMILES string of the molecule is CCCCCC(C)CCCC(C)CCCC(C)C=CC(=O)O. The first kappa shape index (κ1) is 21.2. The highest BCUT2D eigenvalue weighted by Crippen LogP contribution is 2.21. The monoisotopic (exact) mass is 310 g/mol. The maximum Gasteiger partial charge on any atom is 0.327 e. The lowest BCUT2D eigenvalue weighted by Gasteiger charge is -2.15. The molecule has 0 bridgehead atoms. The Morgan fingerprint density at radius 1 is 0.864 bits per heavy atom. The molecule has 3 atom stereocenters. The second kappa shape index (κ2) is 13.8. The van der Waals surface area contributed by atoms with Crippen LogP contribution in [0.2, 0.25) is 0 Å². The number of carboxylic acids is 1. The van der Waals surface area contributed by atoms with Gasteiger partial charge in [0.1, 0.15) is 0 Å². The second-order valence-electron chi connectivity index (χ2n) is 7.24. The Kier molecular flexibility index (Phi) is 13.3. The zero-order valence-corrected chi connectivity index (χ0v) is 15.3. The fourth-order valence-corrected chi connectivity index (χ4v) is 2.98. The van der Waals surface area contributed by atoms with E-state index >= 15 is 0 Å². The molecule has 3 unspecified atom stereocenters. The average molecular weight is 311 g/mol. The van der Waals surface area contributed by atoms with Crippen LogP contribution in [0.1, 0.15) is 91.9 Å². The Morgan fingerprint density at radius 3 is 1.86 bits per heavy atom. The molecule has 0 aliphatic heterocycles. The number of rotatable bonds is 14. The van der Waals surface area contributed by atoms with Crippen LogP contribution in [0.5, 0.6) is 0 Å². The third-order valence-corrected chi connectivity index (χ3v) is 4.62. The molecule has 0 aromatic carbocycles. The fourth-order valence-electron chi connectivity index (χ4n) is 2.98. The molecule has 1 N–H and O–H groups in total. The first-order valence-corrected chi connectivity index (χ1v) is 9.36. The van der Waals surface area contributed by atoms with Crippen LogP contribution in [-0.4, -0.2) is 11.1 Å². The van der Waals surface area contributed by atoms with Crippen LogP contribution in [0.15, 0.2) is 12.2 Å². The van der Waals surface area contributed by atoms with Gasteiger partial charge in [0, 0.05) is 6.08 Å². The van der Waals surface area contributed by atoms with E-state index in [4.69, 9.17) is 5.11 Å². The predicted octanol–water partition coefficient (Wildman–Crippen LogP) is 6.46. The molecule has 0 rings (SSSR count). The zero-order chi connectivity index (χ0) is 16.8. The zero-order valence-electron chi connectivity index (χ0n) is 15.3. The van der Waals surface area contributed by atoms with E-state index in [2.05, 4.69) is 27.7 Å². The number of carbonyl (C=O) groups is 1. The van der Waals surface area contributed by atoms with E-state index in [0.717, 1.165) is 18.3 Å². The first-order chi connectivity index (χ1) is 10.5. The minimum atomic E-state index is -0.840. The molecule has 0 fully saturated rings. The summed E-state index contributed by atoms with van der Waals surface area (Å²) in [6, 6.07) is 0. The summed E-state index contributed by atoms with van der Waals surface area (Å²) in [5.74, 6) is 1.23. The molecule has 0 aliphatic carbocycles. The van der Waals surface area contributed by atoms with E-state index in [1.54, 1.807) is 0 Å². The number of unbranched alkanes of at least 4 members (excludes halogenated alkanes) is 2. The molecule has 0 saturated carbocycles. The van der Waals surface area contributed by atoms with Crippen LogP contribution in [0.3, 0.4) is 0 Å². The predicted molar refractivity (Wildman–Crippen MR) is 96.1 cm³/mol. The van der Waals surface area contributed by atoms with Crippen molar-refractivity contribution in [2.24, 2.45) is 17.8 Å². The van der Waals surface area contributed by atoms with E-state index in [-0.39, 0.29) is 0 Å². The summed E-state index contributed by atoms with van der Waals surface area (Å²) in [5, 5.41) is 8.60. The quantitative estimate of drug-likeness (QED) is 0.295. The Balaban J connectivity index is 3.57. The van der Waals surface area contributed by atoms with Crippen molar-refractivity contribution in [3.63, 3.8) is 0 Å². The van der Waals surface area contributed by atoms with Crippen molar-refractivity contribution in [2.45, 2.75) is 91.9 Å². The molecule has 0 amide bonds. The third-order valence-electron chi connectivity index (χ3n) is 4.62. The van der Waals surface area contributed by atoms with E-state index in [0.29, 0.717) is 5.92 Å². The van der Waals surface area contributed by atoms with E-state index in [1.165, 1.54) is 63.9 Å². The van der Waals surface area contributed by atoms with Crippen LogP contribution < -0.4 is 0 Å². The Labute approximate surface area is 138 Å². The van der Waals surface area contributed by atoms with Gasteiger partial charge in [-0.3, -0.25) is 0 Å². The molecule has 0 saturated heterocycles. The van der Waals surface area contributed by atoms with Gasteiger partial charge >= 0.3 is 5.97 Å². The molecule has 0 heterocycles. The number of allylic oxidation sites excluding steroid dienone is 1. The Hall–Kier alpha value is -0.790. The van der Waals surface area contributed by atoms with Gasteiger partial charge in [0.05, 0.1) is 0 Å². The van der Waals surface area contributed by atoms with Gasteiger partial charge in [0.2, 0.25) is 0 Å². The average Bonchev–Trinajstić information content (AvgIpc) is 2.45. The Bertz CT molecular complexity index is 296. The maximum absolute atomic E-state index is 10.5.